The summed E-state index contributed by atoms with van der Waals surface area (Å²) in [7, 11) is 0. The van der Waals surface area contributed by atoms with Crippen molar-refractivity contribution in [3.05, 3.63) is 17.2 Å². The molecule has 0 saturated carbocycles. The second-order valence-corrected chi connectivity index (χ2v) is 2.55. The molecule has 0 atom stereocenters. The normalized spacial score (nSPS) is 10.0. The van der Waals surface area contributed by atoms with E-state index in [2.05, 4.69) is 16.9 Å². The van der Waals surface area contributed by atoms with Gasteiger partial charge in [-0.3, -0.25) is 4.79 Å². The molecule has 1 N–H and O–H groups in total. The monoisotopic (exact) mass is 152 g/mol. The van der Waals surface area contributed by atoms with Crippen LogP contribution in [-0.4, -0.2) is 16.3 Å². The minimum Gasteiger partial charge on any atom is -0.340 e. The van der Waals surface area contributed by atoms with Crippen molar-refractivity contribution in [1.82, 2.24) is 9.97 Å². The summed E-state index contributed by atoms with van der Waals surface area (Å²) in [5.41, 5.74) is 1.40. The highest BCUT2D eigenvalue weighted by atomic mass is 16.1. The van der Waals surface area contributed by atoms with Gasteiger partial charge in [-0.2, -0.15) is 0 Å². The number of hydrogen-bond donors (Lipinski definition) is 1. The predicted octanol–water partition coefficient (Wildman–Crippen LogP) is 1.48. The van der Waals surface area contributed by atoms with Gasteiger partial charge in [0.15, 0.2) is 6.29 Å². The van der Waals surface area contributed by atoms with Gasteiger partial charge in [0.25, 0.3) is 0 Å². The van der Waals surface area contributed by atoms with Crippen molar-refractivity contribution in [2.75, 3.05) is 0 Å². The maximum atomic E-state index is 10.4. The Morgan fingerprint density at radius 3 is 2.82 bits per heavy atom. The number of hydrogen-bond acceptors (Lipinski definition) is 2. The van der Waals surface area contributed by atoms with Crippen molar-refractivity contribution in [2.45, 2.75) is 26.7 Å². The maximum Gasteiger partial charge on any atom is 0.168 e. The number of imidazole rings is 1. The molecule has 0 fully saturated rings. The van der Waals surface area contributed by atoms with E-state index in [1.54, 1.807) is 0 Å². The van der Waals surface area contributed by atoms with Crippen LogP contribution in [0.1, 0.15) is 35.4 Å². The predicted molar refractivity (Wildman–Crippen MR) is 42.7 cm³/mol. The van der Waals surface area contributed by atoms with Crippen molar-refractivity contribution in [3.63, 3.8) is 0 Å². The third-order valence-corrected chi connectivity index (χ3v) is 1.58. The van der Waals surface area contributed by atoms with Crippen molar-refractivity contribution in [1.29, 1.82) is 0 Å². The molecule has 0 spiro atoms. The van der Waals surface area contributed by atoms with Gasteiger partial charge in [-0.05, 0) is 13.3 Å². The van der Waals surface area contributed by atoms with E-state index in [9.17, 15) is 4.79 Å². The molecule has 3 heteroatoms. The number of carbonyl (C=O) groups is 1. The smallest absolute Gasteiger partial charge is 0.168 e. The van der Waals surface area contributed by atoms with Gasteiger partial charge in [-0.1, -0.05) is 6.92 Å². The van der Waals surface area contributed by atoms with E-state index in [1.807, 2.05) is 6.92 Å². The molecule has 0 aromatic carbocycles. The first-order chi connectivity index (χ1) is 5.27. The van der Waals surface area contributed by atoms with E-state index >= 15 is 0 Å². The fourth-order valence-electron chi connectivity index (χ4n) is 1.01. The SMILES string of the molecule is CCCc1nc(C)c(C=O)[nH]1. The van der Waals surface area contributed by atoms with Crippen molar-refractivity contribution in [3.8, 4) is 0 Å². The average Bonchev–Trinajstić information content (AvgIpc) is 2.32. The van der Waals surface area contributed by atoms with Crippen LogP contribution in [0.25, 0.3) is 0 Å². The van der Waals surface area contributed by atoms with Crippen molar-refractivity contribution in [2.24, 2.45) is 0 Å². The lowest BCUT2D eigenvalue weighted by Crippen LogP contribution is -1.85. The summed E-state index contributed by atoms with van der Waals surface area (Å²) in [6, 6.07) is 0. The molecule has 1 rings (SSSR count). The number of aromatic nitrogens is 2. The number of nitrogens with zero attached hydrogens (tertiary/aromatic N) is 1. The molecule has 1 aromatic rings. The molecule has 0 radical (unpaired) electrons. The molecule has 0 aliphatic rings. The lowest BCUT2D eigenvalue weighted by molar-refractivity contribution is 0.111. The third kappa shape index (κ3) is 1.67. The van der Waals surface area contributed by atoms with Crippen LogP contribution in [0.3, 0.4) is 0 Å². The zero-order chi connectivity index (χ0) is 8.27. The Kier molecular flexibility index (Phi) is 2.41. The van der Waals surface area contributed by atoms with E-state index in [1.165, 1.54) is 0 Å². The molecule has 0 saturated heterocycles. The van der Waals surface area contributed by atoms with Crippen LogP contribution >= 0.6 is 0 Å². The number of aromatic amines is 1. The third-order valence-electron chi connectivity index (χ3n) is 1.58. The lowest BCUT2D eigenvalue weighted by Gasteiger charge is -1.87. The quantitative estimate of drug-likeness (QED) is 0.667. The minimum absolute atomic E-state index is 0.605. The summed E-state index contributed by atoms with van der Waals surface area (Å²) in [4.78, 5) is 17.5. The molecule has 60 valence electrons. The Morgan fingerprint density at radius 2 is 2.36 bits per heavy atom. The van der Waals surface area contributed by atoms with Gasteiger partial charge in [0.05, 0.1) is 5.69 Å². The van der Waals surface area contributed by atoms with E-state index in [0.29, 0.717) is 5.69 Å². The Balaban J connectivity index is 2.86. The molecular weight excluding hydrogens is 140 g/mol. The number of rotatable bonds is 3. The van der Waals surface area contributed by atoms with E-state index < -0.39 is 0 Å². The topological polar surface area (TPSA) is 45.8 Å². The summed E-state index contributed by atoms with van der Waals surface area (Å²) < 4.78 is 0. The molecular formula is C8H12N2O. The number of nitrogens with one attached hydrogen (secondary N) is 1. The van der Waals surface area contributed by atoms with Crippen molar-refractivity contribution >= 4 is 6.29 Å². The highest BCUT2D eigenvalue weighted by Crippen LogP contribution is 2.03. The summed E-state index contributed by atoms with van der Waals surface area (Å²) in [6.07, 6.45) is 2.77. The first-order valence-corrected chi connectivity index (χ1v) is 3.78. The Morgan fingerprint density at radius 1 is 1.64 bits per heavy atom. The van der Waals surface area contributed by atoms with Crippen LogP contribution < -0.4 is 0 Å². The highest BCUT2D eigenvalue weighted by molar-refractivity contribution is 5.73. The first kappa shape index (κ1) is 7.98. The standard InChI is InChI=1S/C8H12N2O/c1-3-4-8-9-6(2)7(5-11)10-8/h5H,3-4H2,1-2H3,(H,9,10). The fraction of sp³-hybridized carbons (Fsp3) is 0.500. The molecule has 1 heterocycles. The largest absolute Gasteiger partial charge is 0.340 e. The second-order valence-electron chi connectivity index (χ2n) is 2.55. The summed E-state index contributed by atoms with van der Waals surface area (Å²) in [5.74, 6) is 0.909. The number of aryl methyl sites for hydroxylation is 2. The van der Waals surface area contributed by atoms with Crippen LogP contribution in [-0.2, 0) is 6.42 Å². The maximum absolute atomic E-state index is 10.4. The van der Waals surface area contributed by atoms with Crippen molar-refractivity contribution < 1.29 is 4.79 Å². The molecule has 0 amide bonds. The molecule has 0 unspecified atom stereocenters. The van der Waals surface area contributed by atoms with Crippen LogP contribution in [0.5, 0.6) is 0 Å². The molecule has 1 aromatic heterocycles. The zero-order valence-electron chi connectivity index (χ0n) is 6.85. The van der Waals surface area contributed by atoms with Crippen LogP contribution in [0, 0.1) is 6.92 Å². The fourth-order valence-corrected chi connectivity index (χ4v) is 1.01. The molecule has 11 heavy (non-hydrogen) atoms. The van der Waals surface area contributed by atoms with Gasteiger partial charge < -0.3 is 4.98 Å². The Hall–Kier alpha value is -1.12. The van der Waals surface area contributed by atoms with E-state index in [0.717, 1.165) is 30.6 Å². The van der Waals surface area contributed by atoms with Gasteiger partial charge in [0.2, 0.25) is 0 Å². The summed E-state index contributed by atoms with van der Waals surface area (Å²) in [5, 5.41) is 0. The molecule has 0 aliphatic carbocycles. The Bertz CT molecular complexity index is 253. The second kappa shape index (κ2) is 3.32. The molecule has 3 nitrogen and oxygen atoms in total. The summed E-state index contributed by atoms with van der Waals surface area (Å²) in [6.45, 7) is 3.91. The van der Waals surface area contributed by atoms with Gasteiger partial charge in [-0.25, -0.2) is 4.98 Å². The van der Waals surface area contributed by atoms with Crippen LogP contribution in [0.15, 0.2) is 0 Å². The molecule has 0 aliphatic heterocycles. The average molecular weight is 152 g/mol. The lowest BCUT2D eigenvalue weighted by atomic mass is 10.3. The molecule has 0 bridgehead atoms. The summed E-state index contributed by atoms with van der Waals surface area (Å²) >= 11 is 0. The minimum atomic E-state index is 0.605. The van der Waals surface area contributed by atoms with Gasteiger partial charge in [0.1, 0.15) is 11.5 Å². The van der Waals surface area contributed by atoms with Crippen LogP contribution in [0.2, 0.25) is 0 Å². The van der Waals surface area contributed by atoms with E-state index in [-0.39, 0.29) is 0 Å². The van der Waals surface area contributed by atoms with Gasteiger partial charge in [-0.15, -0.1) is 0 Å². The zero-order valence-corrected chi connectivity index (χ0v) is 6.85. The number of aldehydes is 1. The Labute approximate surface area is 65.8 Å². The number of H-pyrrole nitrogens is 1. The van der Waals surface area contributed by atoms with Crippen LogP contribution in [0.4, 0.5) is 0 Å². The first-order valence-electron chi connectivity index (χ1n) is 3.78. The highest BCUT2D eigenvalue weighted by Gasteiger charge is 2.02. The van der Waals surface area contributed by atoms with Gasteiger partial charge >= 0.3 is 0 Å². The number of carbonyl (C=O) groups excluding carboxylic acids is 1. The van der Waals surface area contributed by atoms with E-state index in [4.69, 9.17) is 0 Å². The van der Waals surface area contributed by atoms with Gasteiger partial charge in [0, 0.05) is 6.42 Å².